The molecule has 3 rings (SSSR count). The molecule has 1 fully saturated rings. The molecule has 2 aromatic rings. The number of benzene rings is 2. The number of thioether (sulfide) groups is 1. The van der Waals surface area contributed by atoms with Gasteiger partial charge in [-0.3, -0.25) is 4.79 Å². The molecule has 0 aromatic heterocycles. The lowest BCUT2D eigenvalue weighted by molar-refractivity contribution is -0.901. The van der Waals surface area contributed by atoms with Gasteiger partial charge in [-0.15, -0.1) is 11.8 Å². The van der Waals surface area contributed by atoms with E-state index in [9.17, 15) is 4.79 Å². The van der Waals surface area contributed by atoms with Crippen LogP contribution in [0.15, 0.2) is 53.4 Å². The Morgan fingerprint density at radius 2 is 1.79 bits per heavy atom. The van der Waals surface area contributed by atoms with Gasteiger partial charge in [0.1, 0.15) is 6.54 Å². The van der Waals surface area contributed by atoms with Gasteiger partial charge in [0.2, 0.25) is 5.91 Å². The number of likely N-dealkylation sites (tertiary alicyclic amines) is 1. The van der Waals surface area contributed by atoms with E-state index in [2.05, 4.69) is 17.4 Å². The number of amides is 1. The van der Waals surface area contributed by atoms with E-state index >= 15 is 0 Å². The van der Waals surface area contributed by atoms with Crippen molar-refractivity contribution < 1.29 is 9.69 Å². The number of hydrogen-bond donors (Lipinski definition) is 2. The summed E-state index contributed by atoms with van der Waals surface area (Å²) in [7, 11) is 0. The van der Waals surface area contributed by atoms with E-state index in [1.165, 1.54) is 43.3 Å². The van der Waals surface area contributed by atoms with Crippen molar-refractivity contribution in [1.82, 2.24) is 0 Å². The van der Waals surface area contributed by atoms with Crippen LogP contribution in [0.1, 0.15) is 18.4 Å². The molecule has 0 spiro atoms. The molecule has 0 unspecified atom stereocenters. The maximum Gasteiger partial charge on any atom is 0.234 e. The molecular formula is C19H22ClN2OS+. The zero-order valence-electron chi connectivity index (χ0n) is 13.6. The molecule has 0 bridgehead atoms. The Hall–Kier alpha value is -1.49. The highest BCUT2D eigenvalue weighted by Gasteiger charge is 2.15. The van der Waals surface area contributed by atoms with E-state index in [4.69, 9.17) is 11.6 Å². The predicted octanol–water partition coefficient (Wildman–Crippen LogP) is 3.25. The summed E-state index contributed by atoms with van der Waals surface area (Å²) in [5, 5.41) is 3.63. The average molecular weight is 362 g/mol. The van der Waals surface area contributed by atoms with Crippen molar-refractivity contribution in [1.29, 1.82) is 0 Å². The van der Waals surface area contributed by atoms with Crippen LogP contribution in [0, 0.1) is 0 Å². The van der Waals surface area contributed by atoms with Crippen molar-refractivity contribution in [2.75, 3.05) is 24.2 Å². The average Bonchev–Trinajstić information content (AvgIpc) is 3.09. The Balaban J connectivity index is 1.48. The minimum Gasteiger partial charge on any atom is -0.331 e. The summed E-state index contributed by atoms with van der Waals surface area (Å²) in [4.78, 5) is 14.7. The van der Waals surface area contributed by atoms with Crippen LogP contribution < -0.4 is 10.2 Å². The van der Waals surface area contributed by atoms with E-state index < -0.39 is 0 Å². The standard InChI is InChI=1S/C19H21ClN2OS/c20-17-5-1-2-6-18(17)24-14-19(23)21-16-9-7-15(8-10-16)13-22-11-3-4-12-22/h1-2,5-10H,3-4,11-14H2,(H,21,23)/p+1. The van der Waals surface area contributed by atoms with Crippen LogP contribution in [0.3, 0.4) is 0 Å². The smallest absolute Gasteiger partial charge is 0.234 e. The van der Waals surface area contributed by atoms with Gasteiger partial charge < -0.3 is 10.2 Å². The maximum atomic E-state index is 12.1. The van der Waals surface area contributed by atoms with E-state index in [1.807, 2.05) is 36.4 Å². The second-order valence-corrected chi connectivity index (χ2v) is 7.52. The van der Waals surface area contributed by atoms with Gasteiger partial charge in [-0.25, -0.2) is 0 Å². The molecule has 0 atom stereocenters. The minimum atomic E-state index is -0.0159. The molecule has 1 heterocycles. The molecule has 24 heavy (non-hydrogen) atoms. The van der Waals surface area contributed by atoms with Gasteiger partial charge in [0.25, 0.3) is 0 Å². The van der Waals surface area contributed by atoms with Crippen LogP contribution in [0.2, 0.25) is 5.02 Å². The highest BCUT2D eigenvalue weighted by atomic mass is 35.5. The Labute approximate surface area is 152 Å². The predicted molar refractivity (Wildman–Crippen MR) is 101 cm³/mol. The number of quaternary nitrogens is 1. The monoisotopic (exact) mass is 361 g/mol. The number of carbonyl (C=O) groups excluding carboxylic acids is 1. The fourth-order valence-corrected chi connectivity index (χ4v) is 3.99. The van der Waals surface area contributed by atoms with Crippen LogP contribution in [0.5, 0.6) is 0 Å². The summed E-state index contributed by atoms with van der Waals surface area (Å²) >= 11 is 7.55. The van der Waals surface area contributed by atoms with Gasteiger partial charge in [0.05, 0.1) is 23.9 Å². The summed E-state index contributed by atoms with van der Waals surface area (Å²) in [6.07, 6.45) is 2.68. The summed E-state index contributed by atoms with van der Waals surface area (Å²) in [6.45, 7) is 3.63. The molecule has 1 amide bonds. The molecule has 1 saturated heterocycles. The molecular weight excluding hydrogens is 340 g/mol. The molecule has 126 valence electrons. The fraction of sp³-hybridized carbons (Fsp3) is 0.316. The molecule has 3 nitrogen and oxygen atoms in total. The first-order valence-electron chi connectivity index (χ1n) is 8.30. The zero-order chi connectivity index (χ0) is 16.8. The van der Waals surface area contributed by atoms with Gasteiger partial charge in [-0.2, -0.15) is 0 Å². The van der Waals surface area contributed by atoms with Crippen LogP contribution in [0.4, 0.5) is 5.69 Å². The van der Waals surface area contributed by atoms with Crippen molar-refractivity contribution >= 4 is 35.0 Å². The summed E-state index contributed by atoms with van der Waals surface area (Å²) < 4.78 is 0. The third-order valence-electron chi connectivity index (χ3n) is 4.20. The molecule has 1 aliphatic heterocycles. The van der Waals surface area contributed by atoms with Crippen molar-refractivity contribution in [2.45, 2.75) is 24.3 Å². The van der Waals surface area contributed by atoms with Crippen molar-refractivity contribution in [2.24, 2.45) is 0 Å². The van der Waals surface area contributed by atoms with Gasteiger partial charge in [0.15, 0.2) is 0 Å². The normalized spacial score (nSPS) is 14.7. The van der Waals surface area contributed by atoms with Crippen LogP contribution >= 0.6 is 23.4 Å². The van der Waals surface area contributed by atoms with Gasteiger partial charge in [-0.05, 0) is 24.3 Å². The van der Waals surface area contributed by atoms with Crippen LogP contribution in [-0.2, 0) is 11.3 Å². The number of carbonyl (C=O) groups is 1. The quantitative estimate of drug-likeness (QED) is 0.774. The third-order valence-corrected chi connectivity index (χ3v) is 5.71. The lowest BCUT2D eigenvalue weighted by atomic mass is 10.2. The summed E-state index contributed by atoms with van der Waals surface area (Å²) in [5.41, 5.74) is 2.18. The maximum absolute atomic E-state index is 12.1. The van der Waals surface area contributed by atoms with Gasteiger partial charge >= 0.3 is 0 Å². The van der Waals surface area contributed by atoms with E-state index in [-0.39, 0.29) is 5.91 Å². The molecule has 5 heteroatoms. The molecule has 2 N–H and O–H groups in total. The number of nitrogens with one attached hydrogen (secondary N) is 2. The lowest BCUT2D eigenvalue weighted by Gasteiger charge is -2.12. The fourth-order valence-electron chi connectivity index (χ4n) is 2.95. The van der Waals surface area contributed by atoms with Crippen molar-refractivity contribution in [3.05, 3.63) is 59.1 Å². The van der Waals surface area contributed by atoms with Crippen LogP contribution in [0.25, 0.3) is 0 Å². The third kappa shape index (κ3) is 5.00. The summed E-state index contributed by atoms with van der Waals surface area (Å²) in [6, 6.07) is 15.8. The second kappa shape index (κ2) is 8.56. The lowest BCUT2D eigenvalue weighted by Crippen LogP contribution is -3.08. The highest BCUT2D eigenvalue weighted by molar-refractivity contribution is 8.00. The SMILES string of the molecule is O=C(CSc1ccccc1Cl)Nc1ccc(C[NH+]2CCCC2)cc1. The molecule has 1 aliphatic rings. The Bertz CT molecular complexity index is 684. The Morgan fingerprint density at radius 3 is 2.50 bits per heavy atom. The van der Waals surface area contributed by atoms with Gasteiger partial charge in [-0.1, -0.05) is 35.9 Å². The highest BCUT2D eigenvalue weighted by Crippen LogP contribution is 2.26. The van der Waals surface area contributed by atoms with Crippen LogP contribution in [-0.4, -0.2) is 24.7 Å². The first-order chi connectivity index (χ1) is 11.7. The number of hydrogen-bond acceptors (Lipinski definition) is 2. The topological polar surface area (TPSA) is 33.5 Å². The van der Waals surface area contributed by atoms with E-state index in [0.717, 1.165) is 17.1 Å². The first-order valence-corrected chi connectivity index (χ1v) is 9.67. The van der Waals surface area contributed by atoms with Crippen molar-refractivity contribution in [3.63, 3.8) is 0 Å². The number of anilines is 1. The molecule has 0 saturated carbocycles. The molecule has 2 aromatic carbocycles. The number of rotatable bonds is 6. The van der Waals surface area contributed by atoms with E-state index in [1.54, 1.807) is 4.90 Å². The second-order valence-electron chi connectivity index (χ2n) is 6.10. The zero-order valence-corrected chi connectivity index (χ0v) is 15.1. The van der Waals surface area contributed by atoms with Crippen molar-refractivity contribution in [3.8, 4) is 0 Å². The minimum absolute atomic E-state index is 0.0159. The Morgan fingerprint density at radius 1 is 1.08 bits per heavy atom. The van der Waals surface area contributed by atoms with Gasteiger partial charge in [0, 0.05) is 29.0 Å². The Kier molecular flexibility index (Phi) is 6.18. The first kappa shape index (κ1) is 17.3. The number of halogens is 1. The molecule has 0 aliphatic carbocycles. The summed E-state index contributed by atoms with van der Waals surface area (Å²) in [5.74, 6) is 0.335. The largest absolute Gasteiger partial charge is 0.331 e. The van der Waals surface area contributed by atoms with E-state index in [0.29, 0.717) is 10.8 Å². The molecule has 0 radical (unpaired) electrons.